The molecule has 1 fully saturated rings. The van der Waals surface area contributed by atoms with Gasteiger partial charge in [-0.15, -0.1) is 0 Å². The molecule has 18 heavy (non-hydrogen) atoms. The van der Waals surface area contributed by atoms with Crippen LogP contribution in [0, 0.1) is 0 Å². The molecule has 1 aliphatic heterocycles. The van der Waals surface area contributed by atoms with Crippen LogP contribution in [0.5, 0.6) is 0 Å². The molecule has 1 heterocycles. The maximum absolute atomic E-state index is 10.6. The molecule has 0 bridgehead atoms. The normalized spacial score (nSPS) is 20.8. The zero-order chi connectivity index (χ0) is 13.0. The Morgan fingerprint density at radius 3 is 2.83 bits per heavy atom. The van der Waals surface area contributed by atoms with Crippen molar-refractivity contribution >= 4 is 17.6 Å². The largest absolute Gasteiger partial charge is 0.481 e. The monoisotopic (exact) mass is 269 g/mol. The number of carboxylic acid groups (broad SMARTS) is 1. The number of ether oxygens (including phenoxy) is 1. The van der Waals surface area contributed by atoms with E-state index in [1.54, 1.807) is 0 Å². The summed E-state index contributed by atoms with van der Waals surface area (Å²) >= 11 is 5.85. The third kappa shape index (κ3) is 3.70. The molecule has 0 aliphatic carbocycles. The van der Waals surface area contributed by atoms with Crippen molar-refractivity contribution in [3.05, 3.63) is 34.9 Å². The van der Waals surface area contributed by atoms with E-state index >= 15 is 0 Å². The number of carboxylic acids is 1. The highest BCUT2D eigenvalue weighted by Crippen LogP contribution is 2.23. The van der Waals surface area contributed by atoms with E-state index in [0.717, 1.165) is 18.7 Å². The molecule has 0 radical (unpaired) electrons. The van der Waals surface area contributed by atoms with Crippen LogP contribution in [0.1, 0.15) is 18.1 Å². The first-order valence-electron chi connectivity index (χ1n) is 5.96. The van der Waals surface area contributed by atoms with Crippen molar-refractivity contribution in [3.8, 4) is 0 Å². The summed E-state index contributed by atoms with van der Waals surface area (Å²) in [7, 11) is 0. The molecule has 1 atom stereocenters. The first kappa shape index (κ1) is 13.3. The number of carbonyl (C=O) groups is 1. The topological polar surface area (TPSA) is 49.8 Å². The number of aliphatic carboxylic acids is 1. The van der Waals surface area contributed by atoms with Gasteiger partial charge in [-0.3, -0.25) is 9.69 Å². The van der Waals surface area contributed by atoms with E-state index in [2.05, 4.69) is 4.90 Å². The summed E-state index contributed by atoms with van der Waals surface area (Å²) in [6.07, 6.45) is 0.178. The molecule has 0 spiro atoms. The number of morpholine rings is 1. The maximum atomic E-state index is 10.6. The van der Waals surface area contributed by atoms with Crippen LogP contribution in [0.2, 0.25) is 5.02 Å². The van der Waals surface area contributed by atoms with Gasteiger partial charge in [-0.2, -0.15) is 0 Å². The van der Waals surface area contributed by atoms with Crippen molar-refractivity contribution < 1.29 is 14.6 Å². The van der Waals surface area contributed by atoms with Crippen LogP contribution in [0.25, 0.3) is 0 Å². The molecule has 1 aromatic carbocycles. The third-order valence-corrected chi connectivity index (χ3v) is 3.29. The third-order valence-electron chi connectivity index (χ3n) is 3.03. The molecule has 4 nitrogen and oxygen atoms in total. The summed E-state index contributed by atoms with van der Waals surface area (Å²) in [6, 6.07) is 7.59. The molecule has 1 aliphatic rings. The summed E-state index contributed by atoms with van der Waals surface area (Å²) in [5.41, 5.74) is 1.08. The molecule has 0 unspecified atom stereocenters. The number of hydrogen-bond donors (Lipinski definition) is 1. The molecule has 2 rings (SSSR count). The fourth-order valence-electron chi connectivity index (χ4n) is 2.04. The number of benzene rings is 1. The Morgan fingerprint density at radius 2 is 2.17 bits per heavy atom. The molecule has 1 saturated heterocycles. The molecule has 5 heteroatoms. The van der Waals surface area contributed by atoms with Crippen LogP contribution in [-0.2, 0) is 9.53 Å². The van der Waals surface area contributed by atoms with Crippen molar-refractivity contribution in [3.63, 3.8) is 0 Å². The van der Waals surface area contributed by atoms with E-state index in [-0.39, 0.29) is 12.5 Å². The van der Waals surface area contributed by atoms with Gasteiger partial charge >= 0.3 is 5.97 Å². The van der Waals surface area contributed by atoms with Crippen LogP contribution in [0.4, 0.5) is 0 Å². The Morgan fingerprint density at radius 1 is 1.44 bits per heavy atom. The molecule has 1 N–H and O–H groups in total. The van der Waals surface area contributed by atoms with Gasteiger partial charge in [0.15, 0.2) is 0 Å². The standard InChI is InChI=1S/C13H16ClNO3/c14-11-3-1-10(2-4-11)12-9-15(7-8-18-12)6-5-13(16)17/h1-4,12H,5-9H2,(H,16,17)/t12-/m0/s1. The minimum absolute atomic E-state index is 0.00446. The number of hydrogen-bond acceptors (Lipinski definition) is 3. The van der Waals surface area contributed by atoms with Gasteiger partial charge < -0.3 is 9.84 Å². The van der Waals surface area contributed by atoms with Crippen molar-refractivity contribution in [2.24, 2.45) is 0 Å². The predicted molar refractivity (Wildman–Crippen MR) is 68.8 cm³/mol. The predicted octanol–water partition coefficient (Wildman–Crippen LogP) is 2.19. The lowest BCUT2D eigenvalue weighted by molar-refractivity contribution is -0.137. The lowest BCUT2D eigenvalue weighted by Gasteiger charge is -2.32. The second-order valence-corrected chi connectivity index (χ2v) is 4.79. The lowest BCUT2D eigenvalue weighted by atomic mass is 10.1. The molecule has 1 aromatic rings. The molecule has 98 valence electrons. The Hall–Kier alpha value is -1.10. The zero-order valence-electron chi connectivity index (χ0n) is 10.0. The minimum Gasteiger partial charge on any atom is -0.481 e. The number of halogens is 1. The van der Waals surface area contributed by atoms with E-state index < -0.39 is 5.97 Å². The van der Waals surface area contributed by atoms with Crippen molar-refractivity contribution in [1.82, 2.24) is 4.90 Å². The molecular weight excluding hydrogens is 254 g/mol. The van der Waals surface area contributed by atoms with Crippen LogP contribution < -0.4 is 0 Å². The first-order chi connectivity index (χ1) is 8.65. The summed E-state index contributed by atoms with van der Waals surface area (Å²) < 4.78 is 5.71. The van der Waals surface area contributed by atoms with E-state index in [9.17, 15) is 4.79 Å². The van der Waals surface area contributed by atoms with Gasteiger partial charge in [0.2, 0.25) is 0 Å². The SMILES string of the molecule is O=C(O)CCN1CCO[C@H](c2ccc(Cl)cc2)C1. The van der Waals surface area contributed by atoms with Gasteiger partial charge in [-0.05, 0) is 17.7 Å². The molecule has 0 aromatic heterocycles. The average Bonchev–Trinajstić information content (AvgIpc) is 2.37. The highest BCUT2D eigenvalue weighted by molar-refractivity contribution is 6.30. The van der Waals surface area contributed by atoms with E-state index in [4.69, 9.17) is 21.4 Å². The van der Waals surface area contributed by atoms with Crippen LogP contribution in [0.3, 0.4) is 0 Å². The lowest BCUT2D eigenvalue weighted by Crippen LogP contribution is -2.39. The van der Waals surface area contributed by atoms with E-state index in [1.165, 1.54) is 0 Å². The van der Waals surface area contributed by atoms with Crippen molar-refractivity contribution in [1.29, 1.82) is 0 Å². The average molecular weight is 270 g/mol. The van der Waals surface area contributed by atoms with Crippen molar-refractivity contribution in [2.45, 2.75) is 12.5 Å². The van der Waals surface area contributed by atoms with E-state index in [1.807, 2.05) is 24.3 Å². The van der Waals surface area contributed by atoms with Gasteiger partial charge in [-0.25, -0.2) is 0 Å². The van der Waals surface area contributed by atoms with Gasteiger partial charge in [-0.1, -0.05) is 23.7 Å². The van der Waals surface area contributed by atoms with Crippen LogP contribution in [-0.4, -0.2) is 42.2 Å². The Kier molecular flexibility index (Phi) is 4.58. The fraction of sp³-hybridized carbons (Fsp3) is 0.462. The number of nitrogens with zero attached hydrogens (tertiary/aromatic N) is 1. The molecule has 0 saturated carbocycles. The second-order valence-electron chi connectivity index (χ2n) is 4.36. The molecule has 0 amide bonds. The van der Waals surface area contributed by atoms with Crippen LogP contribution >= 0.6 is 11.6 Å². The molecular formula is C13H16ClNO3. The highest BCUT2D eigenvalue weighted by atomic mass is 35.5. The summed E-state index contributed by atoms with van der Waals surface area (Å²) in [5, 5.41) is 9.39. The second kappa shape index (κ2) is 6.18. The Balaban J connectivity index is 1.93. The van der Waals surface area contributed by atoms with E-state index in [0.29, 0.717) is 18.2 Å². The quantitative estimate of drug-likeness (QED) is 0.910. The Labute approximate surface area is 111 Å². The van der Waals surface area contributed by atoms with Gasteiger partial charge in [0.25, 0.3) is 0 Å². The van der Waals surface area contributed by atoms with Crippen LogP contribution in [0.15, 0.2) is 24.3 Å². The smallest absolute Gasteiger partial charge is 0.304 e. The highest BCUT2D eigenvalue weighted by Gasteiger charge is 2.22. The Bertz CT molecular complexity index is 407. The summed E-state index contributed by atoms with van der Waals surface area (Å²) in [5.74, 6) is -0.760. The maximum Gasteiger partial charge on any atom is 0.304 e. The zero-order valence-corrected chi connectivity index (χ0v) is 10.8. The van der Waals surface area contributed by atoms with Gasteiger partial charge in [0, 0.05) is 24.7 Å². The summed E-state index contributed by atoms with van der Waals surface area (Å²) in [6.45, 7) is 2.72. The number of rotatable bonds is 4. The first-order valence-corrected chi connectivity index (χ1v) is 6.34. The van der Waals surface area contributed by atoms with Gasteiger partial charge in [0.05, 0.1) is 19.1 Å². The van der Waals surface area contributed by atoms with Gasteiger partial charge in [0.1, 0.15) is 0 Å². The summed E-state index contributed by atoms with van der Waals surface area (Å²) in [4.78, 5) is 12.7. The minimum atomic E-state index is -0.760. The van der Waals surface area contributed by atoms with Crippen molar-refractivity contribution in [2.75, 3.05) is 26.2 Å². The fourth-order valence-corrected chi connectivity index (χ4v) is 2.16.